The minimum Gasteiger partial charge on any atom is -0.400 e. The van der Waals surface area contributed by atoms with Crippen LogP contribution in [0.25, 0.3) is 5.57 Å². The molecule has 0 radical (unpaired) electrons. The van der Waals surface area contributed by atoms with Crippen LogP contribution in [0.5, 0.6) is 0 Å². The van der Waals surface area contributed by atoms with Crippen LogP contribution in [0.3, 0.4) is 0 Å². The zero-order chi connectivity index (χ0) is 26.3. The standard InChI is InChI=1S/C23H24FN4O3.C2H6.CH4O.Na/c1-13(25)26-10-17-16-5-4-15(24)9-20(16)27(2)22-18(17)11-28-21(22)8-14(6-7-29)19(12-31-3)23(28)30;2*1-2;/h5,7-9,22,26H,1,6,10-12,25H2,2-3H3;1-2H3;2H,1H3;/q-1;;;+1. The molecule has 0 fully saturated rings. The van der Waals surface area contributed by atoms with Crippen molar-refractivity contribution < 1.29 is 48.6 Å². The number of anilines is 1. The molecule has 2 aliphatic heterocycles. The van der Waals surface area contributed by atoms with Crippen molar-refractivity contribution in [2.75, 3.05) is 32.7 Å². The van der Waals surface area contributed by atoms with Gasteiger partial charge in [-0.05, 0) is 17.2 Å². The van der Waals surface area contributed by atoms with Gasteiger partial charge in [0.2, 0.25) is 0 Å². The summed E-state index contributed by atoms with van der Waals surface area (Å²) in [5.74, 6) is -0.142. The summed E-state index contributed by atoms with van der Waals surface area (Å²) in [6.45, 7) is 8.59. The Morgan fingerprint density at radius 3 is 2.64 bits per heavy atom. The second kappa shape index (κ2) is 14.3. The Labute approximate surface area is 233 Å². The molecule has 3 heterocycles. The summed E-state index contributed by atoms with van der Waals surface area (Å²) in [5.41, 5.74) is 10.9. The molecule has 190 valence electrons. The topological polar surface area (TPSA) is 110 Å². The van der Waals surface area contributed by atoms with Crippen LogP contribution in [0.15, 0.2) is 41.0 Å². The predicted molar refractivity (Wildman–Crippen MR) is 135 cm³/mol. The summed E-state index contributed by atoms with van der Waals surface area (Å²) in [5, 5.41) is 10.0. The Kier molecular flexibility index (Phi) is 12.6. The zero-order valence-electron chi connectivity index (χ0n) is 21.9. The molecule has 2 aliphatic rings. The number of aliphatic hydroxyl groups is 1. The van der Waals surface area contributed by atoms with Crippen molar-refractivity contribution in [2.24, 2.45) is 5.73 Å². The van der Waals surface area contributed by atoms with Crippen LogP contribution >= 0.6 is 0 Å². The van der Waals surface area contributed by atoms with Gasteiger partial charge in [-0.25, -0.2) is 4.39 Å². The number of aldehydes is 1. The SMILES string of the molecule is C=C(N)NCC1=C2Cn3c(cc(CC=O)c(COC)c3=O)C2N(C)c2cc(F)[c-]cc21.CC.CO.[Na+]. The number of fused-ring (bicyclic) bond motifs is 4. The molecular formula is C26H34FN4NaO4. The van der Waals surface area contributed by atoms with Gasteiger partial charge in [0.1, 0.15) is 6.29 Å². The van der Waals surface area contributed by atoms with E-state index < -0.39 is 5.82 Å². The molecule has 8 nitrogen and oxygen atoms in total. The fraction of sp³-hybridized carbons (Fsp3) is 0.385. The number of nitrogens with two attached hydrogens (primary N) is 1. The van der Waals surface area contributed by atoms with E-state index >= 15 is 0 Å². The summed E-state index contributed by atoms with van der Waals surface area (Å²) >= 11 is 0. The largest absolute Gasteiger partial charge is 1.00 e. The molecule has 4 N–H and O–H groups in total. The van der Waals surface area contributed by atoms with E-state index in [4.69, 9.17) is 15.6 Å². The third-order valence-corrected chi connectivity index (χ3v) is 5.92. The van der Waals surface area contributed by atoms with E-state index in [0.29, 0.717) is 35.7 Å². The number of carbonyl (C=O) groups excluding carboxylic acids is 1. The first-order valence-corrected chi connectivity index (χ1v) is 11.3. The molecule has 0 amide bonds. The number of ether oxygens (including phenoxy) is 1. The average Bonchev–Trinajstić information content (AvgIpc) is 3.24. The number of pyridine rings is 1. The van der Waals surface area contributed by atoms with E-state index in [0.717, 1.165) is 35.8 Å². The van der Waals surface area contributed by atoms with Gasteiger partial charge in [0.15, 0.2) is 0 Å². The van der Waals surface area contributed by atoms with Crippen LogP contribution in [0.2, 0.25) is 0 Å². The van der Waals surface area contributed by atoms with Crippen molar-refractivity contribution in [3.63, 3.8) is 0 Å². The number of nitrogens with zero attached hydrogens (tertiary/aromatic N) is 2. The molecule has 0 spiro atoms. The van der Waals surface area contributed by atoms with Crippen molar-refractivity contribution in [3.8, 4) is 0 Å². The molecule has 4 rings (SSSR count). The molecule has 36 heavy (non-hydrogen) atoms. The van der Waals surface area contributed by atoms with E-state index in [1.54, 1.807) is 10.6 Å². The fourth-order valence-corrected chi connectivity index (χ4v) is 4.56. The molecule has 0 aliphatic carbocycles. The van der Waals surface area contributed by atoms with Gasteiger partial charge in [-0.3, -0.25) is 4.79 Å². The van der Waals surface area contributed by atoms with Crippen molar-refractivity contribution in [2.45, 2.75) is 39.5 Å². The molecule has 0 saturated heterocycles. The normalized spacial score (nSPS) is 14.6. The Morgan fingerprint density at radius 1 is 1.39 bits per heavy atom. The molecule has 2 aromatic rings. The average molecular weight is 509 g/mol. The number of nitrogens with one attached hydrogen (secondary N) is 1. The third-order valence-electron chi connectivity index (χ3n) is 5.92. The van der Waals surface area contributed by atoms with E-state index in [1.165, 1.54) is 13.2 Å². The monoisotopic (exact) mass is 508 g/mol. The maximum absolute atomic E-state index is 14.1. The third kappa shape index (κ3) is 6.10. The summed E-state index contributed by atoms with van der Waals surface area (Å²) in [6, 6.07) is 7.31. The number of aromatic nitrogens is 1. The first kappa shape index (κ1) is 31.6. The van der Waals surface area contributed by atoms with Crippen LogP contribution < -0.4 is 51.1 Å². The van der Waals surface area contributed by atoms with Crippen LogP contribution in [0.1, 0.15) is 42.3 Å². The van der Waals surface area contributed by atoms with E-state index in [-0.39, 0.29) is 54.2 Å². The number of hydrogen-bond donors (Lipinski definition) is 3. The minimum atomic E-state index is -0.461. The smallest absolute Gasteiger partial charge is 0.400 e. The Bertz CT molecular complexity index is 1180. The summed E-state index contributed by atoms with van der Waals surface area (Å²) < 4.78 is 21.0. The quantitative estimate of drug-likeness (QED) is 0.258. The number of methoxy groups -OCH3 is 1. The molecule has 0 saturated carbocycles. The Hall–Kier alpha value is -2.43. The molecule has 10 heteroatoms. The van der Waals surface area contributed by atoms with E-state index in [2.05, 4.69) is 18.0 Å². The fourth-order valence-electron chi connectivity index (χ4n) is 4.56. The molecule has 1 aromatic heterocycles. The zero-order valence-corrected chi connectivity index (χ0v) is 23.9. The Morgan fingerprint density at radius 2 is 2.06 bits per heavy atom. The van der Waals surface area contributed by atoms with Gasteiger partial charge in [-0.1, -0.05) is 31.7 Å². The Balaban J connectivity index is 0.00000123. The first-order chi connectivity index (χ1) is 16.9. The predicted octanol–water partition coefficient (Wildman–Crippen LogP) is -0.708. The summed E-state index contributed by atoms with van der Waals surface area (Å²) in [4.78, 5) is 26.5. The molecule has 0 bridgehead atoms. The molecule has 1 atom stereocenters. The van der Waals surface area contributed by atoms with Crippen molar-refractivity contribution in [1.29, 1.82) is 0 Å². The van der Waals surface area contributed by atoms with E-state index in [9.17, 15) is 14.0 Å². The number of rotatable bonds is 7. The second-order valence-electron chi connectivity index (χ2n) is 7.74. The van der Waals surface area contributed by atoms with Crippen LogP contribution in [0.4, 0.5) is 10.1 Å². The maximum Gasteiger partial charge on any atom is 1.00 e. The van der Waals surface area contributed by atoms with E-state index in [1.807, 2.05) is 31.9 Å². The number of benzene rings is 1. The number of carbonyl (C=O) groups is 1. The molecular weight excluding hydrogens is 474 g/mol. The van der Waals surface area contributed by atoms with Crippen LogP contribution in [0, 0.1) is 11.9 Å². The second-order valence-corrected chi connectivity index (χ2v) is 7.74. The number of likely N-dealkylation sites (N-methyl/N-ethyl adjacent to an activating group) is 1. The van der Waals surface area contributed by atoms with Gasteiger partial charge in [-0.15, -0.1) is 17.7 Å². The minimum absolute atomic E-state index is 0. The van der Waals surface area contributed by atoms with Crippen molar-refractivity contribution >= 4 is 17.5 Å². The van der Waals surface area contributed by atoms with Crippen molar-refractivity contribution in [3.05, 3.63) is 80.8 Å². The van der Waals surface area contributed by atoms with Gasteiger partial charge in [0, 0.05) is 57.9 Å². The summed E-state index contributed by atoms with van der Waals surface area (Å²) in [7, 11) is 4.39. The van der Waals surface area contributed by atoms with Gasteiger partial charge in [-0.2, -0.15) is 6.07 Å². The summed E-state index contributed by atoms with van der Waals surface area (Å²) in [6.07, 6.45) is 0.906. The first-order valence-electron chi connectivity index (χ1n) is 11.3. The van der Waals surface area contributed by atoms with Gasteiger partial charge >= 0.3 is 29.6 Å². The van der Waals surface area contributed by atoms with Crippen molar-refractivity contribution in [1.82, 2.24) is 9.88 Å². The number of halogens is 1. The van der Waals surface area contributed by atoms with Crippen LogP contribution in [-0.4, -0.2) is 43.8 Å². The molecule has 1 aromatic carbocycles. The maximum atomic E-state index is 14.1. The number of hydrogen-bond acceptors (Lipinski definition) is 7. The number of aliphatic hydroxyl groups excluding tert-OH is 1. The van der Waals surface area contributed by atoms with Gasteiger partial charge in [0.05, 0.1) is 18.5 Å². The molecule has 1 unspecified atom stereocenters. The van der Waals surface area contributed by atoms with Crippen LogP contribution in [-0.2, 0) is 29.1 Å². The van der Waals surface area contributed by atoms with Gasteiger partial charge < -0.3 is 35.2 Å². The van der Waals surface area contributed by atoms with Gasteiger partial charge in [0.25, 0.3) is 5.56 Å².